The van der Waals surface area contributed by atoms with E-state index in [-0.39, 0.29) is 0 Å². The van der Waals surface area contributed by atoms with Crippen LogP contribution in [0.25, 0.3) is 0 Å². The minimum Gasteiger partial charge on any atom is -0.366 e. The van der Waals surface area contributed by atoms with Crippen LogP contribution in [-0.2, 0) is 0 Å². The van der Waals surface area contributed by atoms with Crippen molar-refractivity contribution in [1.29, 1.82) is 0 Å². The Kier molecular flexibility index (Phi) is 3.75. The van der Waals surface area contributed by atoms with Crippen LogP contribution < -0.4 is 5.32 Å². The van der Waals surface area contributed by atoms with Crippen LogP contribution in [0.2, 0.25) is 0 Å². The summed E-state index contributed by atoms with van der Waals surface area (Å²) in [4.78, 5) is 0. The summed E-state index contributed by atoms with van der Waals surface area (Å²) in [6, 6.07) is 4.61. The number of aryl methyl sites for hydroxylation is 1. The molecule has 3 heteroatoms. The van der Waals surface area contributed by atoms with E-state index in [0.29, 0.717) is 6.04 Å². The Balaban J connectivity index is 1.95. The first kappa shape index (κ1) is 11.4. The lowest BCUT2D eigenvalue weighted by Gasteiger charge is -2.18. The second-order valence-corrected chi connectivity index (χ2v) is 5.03. The normalized spacial score (nSPS) is 26.1. The lowest BCUT2D eigenvalue weighted by molar-refractivity contribution is 0.483. The maximum Gasteiger partial charge on any atom is 0.148 e. The summed E-state index contributed by atoms with van der Waals surface area (Å²) >= 11 is 0. The molecule has 0 aliphatic heterocycles. The zero-order chi connectivity index (χ0) is 11.4. The molecule has 1 N–H and O–H groups in total. The first-order chi connectivity index (χ1) is 7.74. The molecule has 3 nitrogen and oxygen atoms in total. The standard InChI is InChI=1S/C13H21N3/c1-10-5-3-4-6-12(9-10)14-13-8-7-11(2)15-16-13/h7-8,10,12H,3-6,9H2,1-2H3,(H,14,16)/t10?,12-/m0/s1. The fourth-order valence-corrected chi connectivity index (χ4v) is 2.42. The molecule has 1 fully saturated rings. The smallest absolute Gasteiger partial charge is 0.148 e. The van der Waals surface area contributed by atoms with E-state index in [9.17, 15) is 0 Å². The first-order valence-electron chi connectivity index (χ1n) is 6.31. The van der Waals surface area contributed by atoms with Crippen molar-refractivity contribution in [2.24, 2.45) is 5.92 Å². The first-order valence-corrected chi connectivity index (χ1v) is 6.31. The van der Waals surface area contributed by atoms with E-state index in [1.165, 1.54) is 32.1 Å². The van der Waals surface area contributed by atoms with Crippen LogP contribution in [0.4, 0.5) is 5.82 Å². The van der Waals surface area contributed by atoms with Gasteiger partial charge in [0.25, 0.3) is 0 Å². The van der Waals surface area contributed by atoms with Crippen LogP contribution >= 0.6 is 0 Å². The van der Waals surface area contributed by atoms with Crippen molar-refractivity contribution in [2.45, 2.75) is 52.0 Å². The Labute approximate surface area is 97.7 Å². The molecule has 1 aliphatic rings. The summed E-state index contributed by atoms with van der Waals surface area (Å²) in [5, 5.41) is 11.7. The highest BCUT2D eigenvalue weighted by molar-refractivity contribution is 5.34. The van der Waals surface area contributed by atoms with Crippen molar-refractivity contribution < 1.29 is 0 Å². The highest BCUT2D eigenvalue weighted by Crippen LogP contribution is 2.24. The zero-order valence-electron chi connectivity index (χ0n) is 10.2. The van der Waals surface area contributed by atoms with Crippen LogP contribution in [0, 0.1) is 12.8 Å². The van der Waals surface area contributed by atoms with Crippen molar-refractivity contribution in [2.75, 3.05) is 5.32 Å². The van der Waals surface area contributed by atoms with E-state index < -0.39 is 0 Å². The lowest BCUT2D eigenvalue weighted by Crippen LogP contribution is -2.21. The molecule has 0 amide bonds. The van der Waals surface area contributed by atoms with Crippen LogP contribution in [0.5, 0.6) is 0 Å². The third-order valence-corrected chi connectivity index (χ3v) is 3.34. The van der Waals surface area contributed by atoms with E-state index in [4.69, 9.17) is 0 Å². The van der Waals surface area contributed by atoms with Gasteiger partial charge in [0.05, 0.1) is 5.69 Å². The number of hydrogen-bond acceptors (Lipinski definition) is 3. The minimum absolute atomic E-state index is 0.578. The van der Waals surface area contributed by atoms with E-state index in [2.05, 4.69) is 22.4 Å². The SMILES string of the molecule is Cc1ccc(N[C@H]2CCCCC(C)C2)nn1. The second-order valence-electron chi connectivity index (χ2n) is 5.03. The summed E-state index contributed by atoms with van der Waals surface area (Å²) in [7, 11) is 0. The maximum atomic E-state index is 4.17. The fraction of sp³-hybridized carbons (Fsp3) is 0.692. The molecule has 2 rings (SSSR count). The number of aromatic nitrogens is 2. The number of hydrogen-bond donors (Lipinski definition) is 1. The molecule has 1 aliphatic carbocycles. The minimum atomic E-state index is 0.578. The highest BCUT2D eigenvalue weighted by atomic mass is 15.2. The molecule has 0 bridgehead atoms. The number of nitrogens with zero attached hydrogens (tertiary/aromatic N) is 2. The quantitative estimate of drug-likeness (QED) is 0.776. The van der Waals surface area contributed by atoms with Gasteiger partial charge >= 0.3 is 0 Å². The van der Waals surface area contributed by atoms with Gasteiger partial charge in [-0.15, -0.1) is 5.10 Å². The van der Waals surface area contributed by atoms with Crippen molar-refractivity contribution >= 4 is 5.82 Å². The van der Waals surface area contributed by atoms with Gasteiger partial charge < -0.3 is 5.32 Å². The van der Waals surface area contributed by atoms with E-state index in [0.717, 1.165) is 17.4 Å². The molecule has 0 radical (unpaired) electrons. The predicted octanol–water partition coefficient (Wildman–Crippen LogP) is 3.17. The Hall–Kier alpha value is -1.12. The molecule has 0 aromatic carbocycles. The van der Waals surface area contributed by atoms with Gasteiger partial charge in [-0.25, -0.2) is 0 Å². The van der Waals surface area contributed by atoms with Crippen LogP contribution in [0.1, 0.15) is 44.7 Å². The molecule has 1 unspecified atom stereocenters. The molecule has 2 atom stereocenters. The average Bonchev–Trinajstić information content (AvgIpc) is 2.46. The van der Waals surface area contributed by atoms with Gasteiger partial charge in [0.1, 0.15) is 5.82 Å². The van der Waals surface area contributed by atoms with E-state index in [1.54, 1.807) is 0 Å². The summed E-state index contributed by atoms with van der Waals surface area (Å²) in [5.41, 5.74) is 0.972. The molecule has 0 spiro atoms. The highest BCUT2D eigenvalue weighted by Gasteiger charge is 2.17. The molecule has 1 heterocycles. The molecule has 0 saturated heterocycles. The van der Waals surface area contributed by atoms with Gasteiger partial charge in [0.15, 0.2) is 0 Å². The third-order valence-electron chi connectivity index (χ3n) is 3.34. The largest absolute Gasteiger partial charge is 0.366 e. The molecule has 1 saturated carbocycles. The van der Waals surface area contributed by atoms with E-state index >= 15 is 0 Å². The third kappa shape index (κ3) is 3.19. The van der Waals surface area contributed by atoms with Gasteiger partial charge in [-0.1, -0.05) is 26.2 Å². The van der Waals surface area contributed by atoms with Crippen molar-refractivity contribution in [3.05, 3.63) is 17.8 Å². The molecular formula is C13H21N3. The Morgan fingerprint density at radius 1 is 1.19 bits per heavy atom. The molecule has 16 heavy (non-hydrogen) atoms. The van der Waals surface area contributed by atoms with E-state index in [1.807, 2.05) is 19.1 Å². The van der Waals surface area contributed by atoms with Crippen LogP contribution in [0.3, 0.4) is 0 Å². The average molecular weight is 219 g/mol. The topological polar surface area (TPSA) is 37.8 Å². The Morgan fingerprint density at radius 2 is 2.00 bits per heavy atom. The van der Waals surface area contributed by atoms with Crippen molar-refractivity contribution in [3.8, 4) is 0 Å². The molecular weight excluding hydrogens is 198 g/mol. The zero-order valence-corrected chi connectivity index (χ0v) is 10.2. The number of nitrogens with one attached hydrogen (secondary N) is 1. The summed E-state index contributed by atoms with van der Waals surface area (Å²) in [6.07, 6.45) is 6.60. The lowest BCUT2D eigenvalue weighted by atomic mass is 10.0. The number of rotatable bonds is 2. The summed E-state index contributed by atoms with van der Waals surface area (Å²) in [6.45, 7) is 4.31. The summed E-state index contributed by atoms with van der Waals surface area (Å²) in [5.74, 6) is 1.75. The van der Waals surface area contributed by atoms with Gasteiger partial charge in [-0.2, -0.15) is 5.10 Å². The van der Waals surface area contributed by atoms with Crippen LogP contribution in [0.15, 0.2) is 12.1 Å². The fourth-order valence-electron chi connectivity index (χ4n) is 2.42. The maximum absolute atomic E-state index is 4.17. The van der Waals surface area contributed by atoms with Gasteiger partial charge in [0, 0.05) is 6.04 Å². The monoisotopic (exact) mass is 219 g/mol. The molecule has 88 valence electrons. The Bertz CT molecular complexity index is 320. The van der Waals surface area contributed by atoms with Gasteiger partial charge in [-0.05, 0) is 37.8 Å². The van der Waals surface area contributed by atoms with Gasteiger partial charge in [0.2, 0.25) is 0 Å². The van der Waals surface area contributed by atoms with Crippen LogP contribution in [-0.4, -0.2) is 16.2 Å². The molecule has 1 aromatic heterocycles. The molecule has 1 aromatic rings. The second kappa shape index (κ2) is 5.28. The Morgan fingerprint density at radius 3 is 2.75 bits per heavy atom. The van der Waals surface area contributed by atoms with Crippen molar-refractivity contribution in [1.82, 2.24) is 10.2 Å². The predicted molar refractivity (Wildman–Crippen MR) is 66.4 cm³/mol. The number of anilines is 1. The van der Waals surface area contributed by atoms with Crippen molar-refractivity contribution in [3.63, 3.8) is 0 Å². The summed E-state index contributed by atoms with van der Waals surface area (Å²) < 4.78 is 0. The van der Waals surface area contributed by atoms with Gasteiger partial charge in [-0.3, -0.25) is 0 Å².